The molecule has 1 aromatic rings. The van der Waals surface area contributed by atoms with E-state index in [1.807, 2.05) is 4.68 Å². The standard InChI is InChI=1S/C14H25N5O/c1-14(2,3)19-13(15-16-17-19)12-7-6-11(9-20)18(12)8-10-4-5-10/h10-12,20H,4-9H2,1-3H3/t11-,12+/m0/s1. The Hall–Kier alpha value is -1.01. The van der Waals surface area contributed by atoms with Gasteiger partial charge in [0.1, 0.15) is 0 Å². The van der Waals surface area contributed by atoms with Gasteiger partial charge in [-0.15, -0.1) is 5.10 Å². The third-order valence-electron chi connectivity index (χ3n) is 4.45. The summed E-state index contributed by atoms with van der Waals surface area (Å²) in [4.78, 5) is 2.44. The summed E-state index contributed by atoms with van der Waals surface area (Å²) in [5.41, 5.74) is -0.110. The van der Waals surface area contributed by atoms with E-state index in [9.17, 15) is 5.11 Å². The highest BCUT2D eigenvalue weighted by Gasteiger charge is 2.40. The number of aliphatic hydroxyl groups is 1. The Labute approximate surface area is 120 Å². The van der Waals surface area contributed by atoms with E-state index in [2.05, 4.69) is 41.2 Å². The van der Waals surface area contributed by atoms with Gasteiger partial charge < -0.3 is 5.11 Å². The van der Waals surface area contributed by atoms with Crippen LogP contribution in [0.4, 0.5) is 0 Å². The van der Waals surface area contributed by atoms with Crippen LogP contribution in [0.25, 0.3) is 0 Å². The second-order valence-corrected chi connectivity index (χ2v) is 7.19. The van der Waals surface area contributed by atoms with Gasteiger partial charge in [-0.2, -0.15) is 0 Å². The molecular weight excluding hydrogens is 254 g/mol. The molecule has 1 saturated carbocycles. The molecule has 112 valence electrons. The molecule has 2 aliphatic rings. The van der Waals surface area contributed by atoms with Crippen molar-refractivity contribution in [2.45, 2.75) is 64.1 Å². The first-order valence-electron chi connectivity index (χ1n) is 7.66. The van der Waals surface area contributed by atoms with Crippen molar-refractivity contribution >= 4 is 0 Å². The molecular formula is C14H25N5O. The van der Waals surface area contributed by atoms with Crippen LogP contribution in [0, 0.1) is 5.92 Å². The van der Waals surface area contributed by atoms with Crippen molar-refractivity contribution in [3.8, 4) is 0 Å². The number of hydrogen-bond donors (Lipinski definition) is 1. The lowest BCUT2D eigenvalue weighted by Crippen LogP contribution is -2.38. The number of nitrogens with zero attached hydrogens (tertiary/aromatic N) is 5. The summed E-state index contributed by atoms with van der Waals surface area (Å²) in [6, 6.07) is 0.521. The van der Waals surface area contributed by atoms with Crippen molar-refractivity contribution in [3.63, 3.8) is 0 Å². The van der Waals surface area contributed by atoms with Crippen LogP contribution < -0.4 is 0 Å². The van der Waals surface area contributed by atoms with Crippen molar-refractivity contribution in [1.82, 2.24) is 25.1 Å². The van der Waals surface area contributed by atoms with Gasteiger partial charge in [0.05, 0.1) is 18.2 Å². The van der Waals surface area contributed by atoms with E-state index in [0.29, 0.717) is 0 Å². The van der Waals surface area contributed by atoms with Crippen molar-refractivity contribution in [2.75, 3.05) is 13.2 Å². The van der Waals surface area contributed by atoms with Gasteiger partial charge in [-0.3, -0.25) is 4.90 Å². The maximum Gasteiger partial charge on any atom is 0.168 e. The van der Waals surface area contributed by atoms with Crippen LogP contribution in [0.3, 0.4) is 0 Å². The second-order valence-electron chi connectivity index (χ2n) is 7.19. The molecule has 1 aliphatic heterocycles. The van der Waals surface area contributed by atoms with Gasteiger partial charge in [0.2, 0.25) is 0 Å². The third-order valence-corrected chi connectivity index (χ3v) is 4.45. The van der Waals surface area contributed by atoms with Crippen LogP contribution in [-0.4, -0.2) is 49.4 Å². The van der Waals surface area contributed by atoms with Gasteiger partial charge in [0.25, 0.3) is 0 Å². The molecule has 0 bridgehead atoms. The Balaban J connectivity index is 1.86. The summed E-state index contributed by atoms with van der Waals surface area (Å²) >= 11 is 0. The first kappa shape index (κ1) is 13.9. The lowest BCUT2D eigenvalue weighted by molar-refractivity contribution is 0.116. The van der Waals surface area contributed by atoms with E-state index in [0.717, 1.165) is 31.1 Å². The van der Waals surface area contributed by atoms with E-state index in [1.54, 1.807) is 0 Å². The van der Waals surface area contributed by atoms with Crippen LogP contribution in [0.5, 0.6) is 0 Å². The molecule has 2 heterocycles. The monoisotopic (exact) mass is 279 g/mol. The van der Waals surface area contributed by atoms with Gasteiger partial charge in [-0.05, 0) is 62.8 Å². The van der Waals surface area contributed by atoms with Crippen LogP contribution in [-0.2, 0) is 5.54 Å². The molecule has 20 heavy (non-hydrogen) atoms. The van der Waals surface area contributed by atoms with Crippen LogP contribution in [0.2, 0.25) is 0 Å². The fourth-order valence-electron chi connectivity index (χ4n) is 3.16. The maximum absolute atomic E-state index is 9.61. The van der Waals surface area contributed by atoms with Crippen molar-refractivity contribution < 1.29 is 5.11 Å². The maximum atomic E-state index is 9.61. The number of aliphatic hydroxyl groups excluding tert-OH is 1. The summed E-state index contributed by atoms with van der Waals surface area (Å²) in [6.45, 7) is 7.68. The SMILES string of the molecule is CC(C)(C)n1nnnc1[C@H]1CC[C@@H](CO)N1CC1CC1. The summed E-state index contributed by atoms with van der Waals surface area (Å²) < 4.78 is 1.94. The van der Waals surface area contributed by atoms with Gasteiger partial charge in [0, 0.05) is 12.6 Å². The van der Waals surface area contributed by atoms with E-state index in [4.69, 9.17) is 0 Å². The topological polar surface area (TPSA) is 67.1 Å². The Morgan fingerprint density at radius 1 is 1.20 bits per heavy atom. The molecule has 1 aliphatic carbocycles. The highest BCUT2D eigenvalue weighted by molar-refractivity contribution is 5.03. The van der Waals surface area contributed by atoms with E-state index in [1.165, 1.54) is 12.8 Å². The molecule has 0 aromatic carbocycles. The predicted molar refractivity (Wildman–Crippen MR) is 75.1 cm³/mol. The van der Waals surface area contributed by atoms with Crippen molar-refractivity contribution in [2.24, 2.45) is 5.92 Å². The molecule has 0 spiro atoms. The van der Waals surface area contributed by atoms with Crippen LogP contribution in [0.15, 0.2) is 0 Å². The molecule has 3 rings (SSSR count). The fraction of sp³-hybridized carbons (Fsp3) is 0.929. The largest absolute Gasteiger partial charge is 0.395 e. The summed E-state index contributed by atoms with van der Waals surface area (Å²) in [5.74, 6) is 1.76. The lowest BCUT2D eigenvalue weighted by atomic mass is 10.1. The first-order valence-corrected chi connectivity index (χ1v) is 7.66. The summed E-state index contributed by atoms with van der Waals surface area (Å²) in [5, 5.41) is 22.0. The normalized spacial score (nSPS) is 28.2. The minimum absolute atomic E-state index is 0.110. The second kappa shape index (κ2) is 5.07. The number of likely N-dealkylation sites (tertiary alicyclic amines) is 1. The zero-order valence-corrected chi connectivity index (χ0v) is 12.7. The molecule has 1 saturated heterocycles. The third kappa shape index (κ3) is 2.59. The molecule has 1 aromatic heterocycles. The van der Waals surface area contributed by atoms with Crippen LogP contribution >= 0.6 is 0 Å². The minimum Gasteiger partial charge on any atom is -0.395 e. The van der Waals surface area contributed by atoms with E-state index in [-0.39, 0.29) is 24.2 Å². The minimum atomic E-state index is -0.110. The first-order chi connectivity index (χ1) is 9.50. The smallest absolute Gasteiger partial charge is 0.168 e. The molecule has 0 amide bonds. The number of tetrazole rings is 1. The zero-order valence-electron chi connectivity index (χ0n) is 12.7. The Morgan fingerprint density at radius 2 is 1.95 bits per heavy atom. The number of rotatable bonds is 4. The molecule has 6 nitrogen and oxygen atoms in total. The number of hydrogen-bond acceptors (Lipinski definition) is 5. The highest BCUT2D eigenvalue weighted by atomic mass is 16.3. The molecule has 0 unspecified atom stereocenters. The molecule has 2 atom stereocenters. The van der Waals surface area contributed by atoms with Crippen LogP contribution in [0.1, 0.15) is 58.3 Å². The fourth-order valence-corrected chi connectivity index (χ4v) is 3.16. The molecule has 0 radical (unpaired) electrons. The highest BCUT2D eigenvalue weighted by Crippen LogP contribution is 2.40. The van der Waals surface area contributed by atoms with E-state index >= 15 is 0 Å². The van der Waals surface area contributed by atoms with Gasteiger partial charge >= 0.3 is 0 Å². The average Bonchev–Trinajstić information content (AvgIpc) is 2.90. The Morgan fingerprint density at radius 3 is 2.55 bits per heavy atom. The number of aromatic nitrogens is 4. The Kier molecular flexibility index (Phi) is 3.54. The van der Waals surface area contributed by atoms with Gasteiger partial charge in [0.15, 0.2) is 5.82 Å². The predicted octanol–water partition coefficient (Wildman–Crippen LogP) is 1.34. The lowest BCUT2D eigenvalue weighted by Gasteiger charge is -2.30. The summed E-state index contributed by atoms with van der Waals surface area (Å²) in [7, 11) is 0. The quantitative estimate of drug-likeness (QED) is 0.901. The zero-order chi connectivity index (χ0) is 14.3. The van der Waals surface area contributed by atoms with Gasteiger partial charge in [-0.25, -0.2) is 4.68 Å². The molecule has 2 fully saturated rings. The van der Waals surface area contributed by atoms with Gasteiger partial charge in [-0.1, -0.05) is 0 Å². The average molecular weight is 279 g/mol. The van der Waals surface area contributed by atoms with Crippen molar-refractivity contribution in [1.29, 1.82) is 0 Å². The van der Waals surface area contributed by atoms with Crippen molar-refractivity contribution in [3.05, 3.63) is 5.82 Å². The Bertz CT molecular complexity index is 462. The molecule has 6 heteroatoms. The molecule has 1 N–H and O–H groups in total. The van der Waals surface area contributed by atoms with E-state index < -0.39 is 0 Å². The summed E-state index contributed by atoms with van der Waals surface area (Å²) in [6.07, 6.45) is 4.72.